The van der Waals surface area contributed by atoms with Crippen LogP contribution in [0.4, 0.5) is 10.6 Å². The molecule has 186 valence electrons. The molecule has 35 heavy (non-hydrogen) atoms. The zero-order valence-corrected chi connectivity index (χ0v) is 20.0. The Hall–Kier alpha value is -3.90. The van der Waals surface area contributed by atoms with Gasteiger partial charge in [-0.25, -0.2) is 14.5 Å². The van der Waals surface area contributed by atoms with E-state index in [0.717, 1.165) is 5.56 Å². The molecular formula is C23H29N7O5. The number of hydrogen-bond acceptors (Lipinski definition) is 10. The number of aromatic nitrogens is 5. The van der Waals surface area contributed by atoms with Gasteiger partial charge in [-0.3, -0.25) is 5.32 Å². The van der Waals surface area contributed by atoms with Crippen molar-refractivity contribution in [1.82, 2.24) is 25.2 Å². The lowest BCUT2D eigenvalue weighted by Crippen LogP contribution is -2.28. The van der Waals surface area contributed by atoms with Gasteiger partial charge in [-0.05, 0) is 36.4 Å². The van der Waals surface area contributed by atoms with Crippen molar-refractivity contribution in [2.45, 2.75) is 26.6 Å². The zero-order chi connectivity index (χ0) is 24.9. The molecule has 1 aromatic carbocycles. The van der Waals surface area contributed by atoms with Crippen LogP contribution in [0.3, 0.4) is 0 Å². The summed E-state index contributed by atoms with van der Waals surface area (Å²) in [5.74, 6) is 0.774. The summed E-state index contributed by atoms with van der Waals surface area (Å²) >= 11 is 0. The van der Waals surface area contributed by atoms with Gasteiger partial charge in [0, 0.05) is 25.8 Å². The number of oxime groups is 1. The Bertz CT molecular complexity index is 1090. The normalized spacial score (nSPS) is 12.3. The summed E-state index contributed by atoms with van der Waals surface area (Å²) in [5.41, 5.74) is 1.83. The van der Waals surface area contributed by atoms with E-state index in [-0.39, 0.29) is 19.3 Å². The number of carbonyl (C=O) groups is 1. The molecule has 0 aliphatic heterocycles. The van der Waals surface area contributed by atoms with E-state index >= 15 is 0 Å². The van der Waals surface area contributed by atoms with Gasteiger partial charge < -0.3 is 19.0 Å². The number of aryl methyl sites for hydroxylation is 1. The Labute approximate surface area is 203 Å². The van der Waals surface area contributed by atoms with E-state index in [1.807, 2.05) is 44.2 Å². The van der Waals surface area contributed by atoms with Crippen LogP contribution in [0.5, 0.6) is 0 Å². The number of hydrogen-bond donors (Lipinski definition) is 1. The topological polar surface area (TPSA) is 135 Å². The van der Waals surface area contributed by atoms with Crippen molar-refractivity contribution in [3.05, 3.63) is 65.6 Å². The third-order valence-corrected chi connectivity index (χ3v) is 4.59. The standard InChI is InChI=1S/C23H29N7O5/c1-4-32-15-19(33-5-2)16-34-23(31)25-20-13-9-12-18(24-20)14-35-27-21(17-10-7-6-8-11-17)22-26-28-29-30(22)3/h6-13,19H,4-5,14-16H2,1-3H3,(H,24,25,31)/b27-21-. The average molecular weight is 484 g/mol. The van der Waals surface area contributed by atoms with Crippen molar-refractivity contribution in [3.8, 4) is 0 Å². The van der Waals surface area contributed by atoms with E-state index < -0.39 is 6.09 Å². The van der Waals surface area contributed by atoms with Crippen LogP contribution < -0.4 is 5.32 Å². The van der Waals surface area contributed by atoms with Gasteiger partial charge in [-0.15, -0.1) is 5.10 Å². The van der Waals surface area contributed by atoms with Crippen LogP contribution >= 0.6 is 0 Å². The summed E-state index contributed by atoms with van der Waals surface area (Å²) in [7, 11) is 1.72. The molecule has 3 aromatic rings. The number of ether oxygens (including phenoxy) is 3. The molecule has 12 nitrogen and oxygen atoms in total. The third kappa shape index (κ3) is 8.12. The largest absolute Gasteiger partial charge is 0.446 e. The Kier molecular flexibility index (Phi) is 10.1. The number of nitrogens with zero attached hydrogens (tertiary/aromatic N) is 6. The SMILES string of the molecule is CCOCC(COC(=O)Nc1cccc(CO/N=C(/c2ccccc2)c2nnnn2C)n1)OCC. The molecule has 0 fully saturated rings. The molecule has 0 saturated carbocycles. The maximum Gasteiger partial charge on any atom is 0.412 e. The highest BCUT2D eigenvalue weighted by Gasteiger charge is 2.15. The van der Waals surface area contributed by atoms with Crippen molar-refractivity contribution in [1.29, 1.82) is 0 Å². The van der Waals surface area contributed by atoms with E-state index in [1.165, 1.54) is 4.68 Å². The van der Waals surface area contributed by atoms with Gasteiger partial charge in [0.2, 0.25) is 5.82 Å². The molecule has 0 saturated heterocycles. The van der Waals surface area contributed by atoms with Crippen molar-refractivity contribution >= 4 is 17.6 Å². The minimum absolute atomic E-state index is 0.0625. The number of anilines is 1. The highest BCUT2D eigenvalue weighted by atomic mass is 16.6. The molecule has 1 N–H and O–H groups in total. The number of carbonyl (C=O) groups excluding carboxylic acids is 1. The van der Waals surface area contributed by atoms with E-state index in [9.17, 15) is 4.79 Å². The van der Waals surface area contributed by atoms with E-state index in [4.69, 9.17) is 19.0 Å². The molecule has 0 bridgehead atoms. The van der Waals surface area contributed by atoms with E-state index in [1.54, 1.807) is 25.2 Å². The van der Waals surface area contributed by atoms with Crippen molar-refractivity contribution < 1.29 is 23.8 Å². The van der Waals surface area contributed by atoms with Crippen LogP contribution in [0.2, 0.25) is 0 Å². The van der Waals surface area contributed by atoms with Crippen molar-refractivity contribution in [2.75, 3.05) is 31.7 Å². The number of benzene rings is 1. The molecule has 0 aliphatic rings. The molecule has 0 radical (unpaired) electrons. The second-order valence-corrected chi connectivity index (χ2v) is 7.18. The minimum Gasteiger partial charge on any atom is -0.446 e. The van der Waals surface area contributed by atoms with Crippen LogP contribution in [0, 0.1) is 0 Å². The second kappa shape index (κ2) is 13.7. The molecule has 3 rings (SSSR count). The van der Waals surface area contributed by atoms with E-state index in [2.05, 4.69) is 31.0 Å². The van der Waals surface area contributed by atoms with Gasteiger partial charge in [0.25, 0.3) is 0 Å². The predicted octanol–water partition coefficient (Wildman–Crippen LogP) is 2.56. The number of rotatable bonds is 13. The molecular weight excluding hydrogens is 454 g/mol. The van der Waals surface area contributed by atoms with Crippen LogP contribution in [-0.4, -0.2) is 69.5 Å². The first-order valence-corrected chi connectivity index (χ1v) is 11.2. The molecule has 2 heterocycles. The maximum absolute atomic E-state index is 12.2. The Morgan fingerprint density at radius 3 is 2.63 bits per heavy atom. The first kappa shape index (κ1) is 25.7. The molecule has 1 unspecified atom stereocenters. The van der Waals surface area contributed by atoms with E-state index in [0.29, 0.717) is 42.9 Å². The Balaban J connectivity index is 1.59. The second-order valence-electron chi connectivity index (χ2n) is 7.18. The third-order valence-electron chi connectivity index (χ3n) is 4.59. The fourth-order valence-electron chi connectivity index (χ4n) is 2.98. The summed E-state index contributed by atoms with van der Waals surface area (Å²) in [6.45, 7) is 5.28. The summed E-state index contributed by atoms with van der Waals surface area (Å²) in [4.78, 5) is 22.1. The van der Waals surface area contributed by atoms with Crippen LogP contribution in [0.1, 0.15) is 30.9 Å². The lowest BCUT2D eigenvalue weighted by molar-refractivity contribution is -0.0373. The van der Waals surface area contributed by atoms with Gasteiger partial charge in [-0.1, -0.05) is 41.6 Å². The van der Waals surface area contributed by atoms with Crippen LogP contribution in [0.15, 0.2) is 53.7 Å². The van der Waals surface area contributed by atoms with Gasteiger partial charge in [0.05, 0.1) is 12.3 Å². The first-order chi connectivity index (χ1) is 17.1. The molecule has 2 aromatic heterocycles. The number of amides is 1. The first-order valence-electron chi connectivity index (χ1n) is 11.2. The number of pyridine rings is 1. The Morgan fingerprint density at radius 2 is 1.91 bits per heavy atom. The van der Waals surface area contributed by atoms with Gasteiger partial charge in [0.15, 0.2) is 12.3 Å². The van der Waals surface area contributed by atoms with Gasteiger partial charge in [-0.2, -0.15) is 0 Å². The summed E-state index contributed by atoms with van der Waals surface area (Å²) in [6, 6.07) is 14.6. The predicted molar refractivity (Wildman–Crippen MR) is 127 cm³/mol. The highest BCUT2D eigenvalue weighted by molar-refractivity contribution is 6.10. The number of nitrogens with one attached hydrogen (secondary N) is 1. The summed E-state index contributed by atoms with van der Waals surface area (Å²) in [5, 5.41) is 18.4. The van der Waals surface area contributed by atoms with Crippen molar-refractivity contribution in [3.63, 3.8) is 0 Å². The summed E-state index contributed by atoms with van der Waals surface area (Å²) < 4.78 is 17.6. The molecule has 1 amide bonds. The average Bonchev–Trinajstić information content (AvgIpc) is 3.29. The van der Waals surface area contributed by atoms with Gasteiger partial charge in [0.1, 0.15) is 18.5 Å². The summed E-state index contributed by atoms with van der Waals surface area (Å²) in [6.07, 6.45) is -0.977. The highest BCUT2D eigenvalue weighted by Crippen LogP contribution is 2.11. The lowest BCUT2D eigenvalue weighted by atomic mass is 10.1. The monoisotopic (exact) mass is 483 g/mol. The zero-order valence-electron chi connectivity index (χ0n) is 20.0. The molecule has 0 aliphatic carbocycles. The van der Waals surface area contributed by atoms with Crippen LogP contribution in [-0.2, 0) is 32.7 Å². The minimum atomic E-state index is -0.643. The van der Waals surface area contributed by atoms with Crippen LogP contribution in [0.25, 0.3) is 0 Å². The smallest absolute Gasteiger partial charge is 0.412 e. The molecule has 12 heteroatoms. The Morgan fingerprint density at radius 1 is 1.09 bits per heavy atom. The fraction of sp³-hybridized carbons (Fsp3) is 0.391. The quantitative estimate of drug-likeness (QED) is 0.287. The fourth-order valence-corrected chi connectivity index (χ4v) is 2.98. The van der Waals surface area contributed by atoms with Gasteiger partial charge >= 0.3 is 6.09 Å². The van der Waals surface area contributed by atoms with Crippen molar-refractivity contribution in [2.24, 2.45) is 12.2 Å². The lowest BCUT2D eigenvalue weighted by Gasteiger charge is -2.17. The maximum atomic E-state index is 12.2. The molecule has 1 atom stereocenters. The molecule has 0 spiro atoms. The number of tetrazole rings is 1.